The van der Waals surface area contributed by atoms with Crippen LogP contribution in [0.2, 0.25) is 0 Å². The lowest BCUT2D eigenvalue weighted by molar-refractivity contribution is -0.385. The second-order valence-electron chi connectivity index (χ2n) is 4.79. The van der Waals surface area contributed by atoms with Crippen LogP contribution in [0.3, 0.4) is 0 Å². The number of rotatable bonds is 5. The topological polar surface area (TPSA) is 52.4 Å². The molecule has 0 aromatic heterocycles. The molecule has 0 aliphatic carbocycles. The third kappa shape index (κ3) is 3.52. The van der Waals surface area contributed by atoms with Crippen LogP contribution < -0.4 is 4.74 Å². The molecule has 2 rings (SSSR count). The van der Waals surface area contributed by atoms with Crippen molar-refractivity contribution in [3.05, 3.63) is 69.3 Å². The van der Waals surface area contributed by atoms with Gasteiger partial charge in [0.1, 0.15) is 5.75 Å². The number of alkyl halides is 1. The lowest BCUT2D eigenvalue weighted by atomic mass is 10.0. The largest absolute Gasteiger partial charge is 0.496 e. The Kier molecular flexibility index (Phi) is 4.81. The van der Waals surface area contributed by atoms with Crippen LogP contribution in [0.4, 0.5) is 5.69 Å². The molecule has 21 heavy (non-hydrogen) atoms. The van der Waals surface area contributed by atoms with Crippen LogP contribution in [0.1, 0.15) is 22.1 Å². The molecule has 0 heterocycles. The minimum atomic E-state index is -0.380. The molecular weight excluding hydrogens is 290 g/mol. The summed E-state index contributed by atoms with van der Waals surface area (Å²) in [6.07, 6.45) is 0.394. The van der Waals surface area contributed by atoms with E-state index < -0.39 is 0 Å². The number of ether oxygens (including phenoxy) is 1. The monoisotopic (exact) mass is 305 g/mol. The van der Waals surface area contributed by atoms with Gasteiger partial charge in [0, 0.05) is 11.6 Å². The van der Waals surface area contributed by atoms with Gasteiger partial charge in [0.05, 0.1) is 17.4 Å². The maximum atomic E-state index is 11.0. The average molecular weight is 306 g/mol. The molecule has 1 atom stereocenters. The van der Waals surface area contributed by atoms with Gasteiger partial charge in [-0.3, -0.25) is 10.1 Å². The first-order chi connectivity index (χ1) is 10.0. The van der Waals surface area contributed by atoms with Crippen LogP contribution in [0.5, 0.6) is 5.75 Å². The van der Waals surface area contributed by atoms with Crippen molar-refractivity contribution in [2.75, 3.05) is 7.11 Å². The van der Waals surface area contributed by atoms with E-state index in [0.717, 1.165) is 16.9 Å². The highest BCUT2D eigenvalue weighted by Crippen LogP contribution is 2.32. The Labute approximate surface area is 128 Å². The summed E-state index contributed by atoms with van der Waals surface area (Å²) >= 11 is 6.42. The predicted octanol–water partition coefficient (Wildman–Crippen LogP) is 4.43. The van der Waals surface area contributed by atoms with E-state index in [-0.39, 0.29) is 16.0 Å². The molecule has 2 aromatic carbocycles. The van der Waals surface area contributed by atoms with Crippen molar-refractivity contribution < 1.29 is 9.66 Å². The number of nitro groups is 1. The van der Waals surface area contributed by atoms with E-state index in [1.54, 1.807) is 25.3 Å². The maximum absolute atomic E-state index is 11.0. The lowest BCUT2D eigenvalue weighted by Gasteiger charge is -2.13. The predicted molar refractivity (Wildman–Crippen MR) is 83.1 cm³/mol. The molecule has 0 saturated carbocycles. The molecule has 110 valence electrons. The van der Waals surface area contributed by atoms with Crippen molar-refractivity contribution in [2.45, 2.75) is 18.7 Å². The molecule has 5 heteroatoms. The van der Waals surface area contributed by atoms with Gasteiger partial charge in [-0.25, -0.2) is 0 Å². The number of hydrogen-bond donors (Lipinski definition) is 0. The molecular formula is C16H16ClNO3. The Hall–Kier alpha value is -2.07. The van der Waals surface area contributed by atoms with Crippen LogP contribution >= 0.6 is 11.6 Å². The van der Waals surface area contributed by atoms with Gasteiger partial charge < -0.3 is 4.74 Å². The fourth-order valence-electron chi connectivity index (χ4n) is 2.20. The van der Waals surface area contributed by atoms with E-state index >= 15 is 0 Å². The zero-order valence-corrected chi connectivity index (χ0v) is 12.6. The third-order valence-electron chi connectivity index (χ3n) is 3.38. The van der Waals surface area contributed by atoms with Gasteiger partial charge in [0.15, 0.2) is 0 Å². The average Bonchev–Trinajstić information content (AvgIpc) is 2.48. The first kappa shape index (κ1) is 15.3. The van der Waals surface area contributed by atoms with Gasteiger partial charge in [-0.1, -0.05) is 30.3 Å². The Morgan fingerprint density at radius 3 is 2.67 bits per heavy atom. The van der Waals surface area contributed by atoms with Gasteiger partial charge in [0.2, 0.25) is 0 Å². The number of hydrogen-bond acceptors (Lipinski definition) is 3. The van der Waals surface area contributed by atoms with Crippen molar-refractivity contribution in [1.29, 1.82) is 0 Å². The first-order valence-corrected chi connectivity index (χ1v) is 6.97. The van der Waals surface area contributed by atoms with E-state index in [2.05, 4.69) is 0 Å². The van der Waals surface area contributed by atoms with Crippen molar-refractivity contribution >= 4 is 17.3 Å². The van der Waals surface area contributed by atoms with Crippen LogP contribution in [0, 0.1) is 17.0 Å². The number of methoxy groups -OCH3 is 1. The molecule has 0 N–H and O–H groups in total. The van der Waals surface area contributed by atoms with Gasteiger partial charge in [0.25, 0.3) is 5.69 Å². The quantitative estimate of drug-likeness (QED) is 0.466. The molecule has 0 amide bonds. The summed E-state index contributed by atoms with van der Waals surface area (Å²) in [6, 6.07) is 12.4. The van der Waals surface area contributed by atoms with Gasteiger partial charge in [-0.15, -0.1) is 11.6 Å². The van der Waals surface area contributed by atoms with E-state index in [9.17, 15) is 10.1 Å². The number of nitrogens with zero attached hydrogens (tertiary/aromatic N) is 1. The number of benzene rings is 2. The first-order valence-electron chi connectivity index (χ1n) is 6.54. The fraction of sp³-hybridized carbons (Fsp3) is 0.250. The summed E-state index contributed by atoms with van der Waals surface area (Å²) in [5, 5.41) is 10.7. The summed E-state index contributed by atoms with van der Waals surface area (Å²) in [4.78, 5) is 10.6. The molecule has 0 saturated heterocycles. The van der Waals surface area contributed by atoms with Gasteiger partial charge in [-0.2, -0.15) is 0 Å². The zero-order valence-electron chi connectivity index (χ0n) is 11.9. The number of halogens is 1. The van der Waals surface area contributed by atoms with Crippen molar-refractivity contribution in [2.24, 2.45) is 0 Å². The molecule has 1 unspecified atom stereocenters. The molecule has 4 nitrogen and oxygen atoms in total. The Morgan fingerprint density at radius 2 is 2.00 bits per heavy atom. The summed E-state index contributed by atoms with van der Waals surface area (Å²) in [5.41, 5.74) is 2.64. The molecule has 0 fully saturated rings. The highest BCUT2D eigenvalue weighted by molar-refractivity contribution is 6.21. The molecule has 0 spiro atoms. The standard InChI is InChI=1S/C16H16ClNO3/c1-11-7-8-12(10-16(11)21-2)14(17)9-13-5-3-4-6-15(13)18(19)20/h3-8,10,14H,9H2,1-2H3. The second-order valence-corrected chi connectivity index (χ2v) is 5.31. The molecule has 0 radical (unpaired) electrons. The minimum absolute atomic E-state index is 0.0993. The molecule has 2 aromatic rings. The Morgan fingerprint density at radius 1 is 1.29 bits per heavy atom. The smallest absolute Gasteiger partial charge is 0.272 e. The summed E-state index contributed by atoms with van der Waals surface area (Å²) in [5.74, 6) is 0.765. The van der Waals surface area contributed by atoms with Crippen molar-refractivity contribution in [1.82, 2.24) is 0 Å². The number of aryl methyl sites for hydroxylation is 1. The number of para-hydroxylation sites is 1. The zero-order chi connectivity index (χ0) is 15.4. The highest BCUT2D eigenvalue weighted by atomic mass is 35.5. The minimum Gasteiger partial charge on any atom is -0.496 e. The second kappa shape index (κ2) is 6.59. The van der Waals surface area contributed by atoms with E-state index in [0.29, 0.717) is 12.0 Å². The Bertz CT molecular complexity index is 658. The number of nitro benzene ring substituents is 1. The molecule has 0 aliphatic rings. The summed E-state index contributed by atoms with van der Waals surface area (Å²) in [7, 11) is 1.61. The van der Waals surface area contributed by atoms with Crippen molar-refractivity contribution in [3.63, 3.8) is 0 Å². The summed E-state index contributed by atoms with van der Waals surface area (Å²) < 4.78 is 5.28. The van der Waals surface area contributed by atoms with Crippen LogP contribution in [-0.4, -0.2) is 12.0 Å². The summed E-state index contributed by atoms with van der Waals surface area (Å²) in [6.45, 7) is 1.95. The van der Waals surface area contributed by atoms with Crippen LogP contribution in [0.25, 0.3) is 0 Å². The van der Waals surface area contributed by atoms with Gasteiger partial charge in [-0.05, 0) is 30.5 Å². The SMILES string of the molecule is COc1cc(C(Cl)Cc2ccccc2[N+](=O)[O-])ccc1C. The maximum Gasteiger partial charge on any atom is 0.272 e. The fourth-order valence-corrected chi connectivity index (χ4v) is 2.51. The molecule has 0 aliphatic heterocycles. The Balaban J connectivity index is 2.26. The van der Waals surface area contributed by atoms with E-state index in [4.69, 9.17) is 16.3 Å². The normalized spacial score (nSPS) is 12.0. The van der Waals surface area contributed by atoms with E-state index in [1.165, 1.54) is 6.07 Å². The van der Waals surface area contributed by atoms with E-state index in [1.807, 2.05) is 25.1 Å². The van der Waals surface area contributed by atoms with Gasteiger partial charge >= 0.3 is 0 Å². The van der Waals surface area contributed by atoms with Crippen LogP contribution in [0.15, 0.2) is 42.5 Å². The molecule has 0 bridgehead atoms. The highest BCUT2D eigenvalue weighted by Gasteiger charge is 2.18. The third-order valence-corrected chi connectivity index (χ3v) is 3.79. The van der Waals surface area contributed by atoms with Crippen LogP contribution in [-0.2, 0) is 6.42 Å². The van der Waals surface area contributed by atoms with Crippen molar-refractivity contribution in [3.8, 4) is 5.75 Å². The lowest BCUT2D eigenvalue weighted by Crippen LogP contribution is -2.01.